The van der Waals surface area contributed by atoms with Crippen molar-refractivity contribution in [2.24, 2.45) is 0 Å². The molecule has 0 saturated heterocycles. The molecule has 0 aromatic carbocycles. The number of nitrogens with one attached hydrogen (secondary N) is 1. The Kier molecular flexibility index (Phi) is 59.9. The van der Waals surface area contributed by atoms with Crippen LogP contribution in [0.25, 0.3) is 0 Å². The van der Waals surface area contributed by atoms with Crippen LogP contribution in [0.15, 0.2) is 36.5 Å². The summed E-state index contributed by atoms with van der Waals surface area (Å²) in [6.07, 6.45) is 80.9. The first-order valence-corrected chi connectivity index (χ1v) is 32.3. The molecule has 0 fully saturated rings. The number of amides is 1. The van der Waals surface area contributed by atoms with Crippen molar-refractivity contribution in [1.29, 1.82) is 0 Å². The summed E-state index contributed by atoms with van der Waals surface area (Å²) in [5.74, 6) is -0.311. The third-order valence-corrected chi connectivity index (χ3v) is 15.2. The molecular formula is C66H127NO4. The summed E-state index contributed by atoms with van der Waals surface area (Å²) >= 11 is 0. The van der Waals surface area contributed by atoms with E-state index >= 15 is 0 Å². The molecule has 71 heavy (non-hydrogen) atoms. The van der Waals surface area contributed by atoms with Crippen LogP contribution in [0, 0.1) is 0 Å². The molecule has 0 aromatic rings. The van der Waals surface area contributed by atoms with Crippen LogP contribution >= 0.6 is 0 Å². The summed E-state index contributed by atoms with van der Waals surface area (Å²) in [6, 6.07) is -0.745. The molecule has 0 bridgehead atoms. The molecule has 3 unspecified atom stereocenters. The van der Waals surface area contributed by atoms with Gasteiger partial charge in [-0.1, -0.05) is 333 Å². The average Bonchev–Trinajstić information content (AvgIpc) is 3.37. The summed E-state index contributed by atoms with van der Waals surface area (Å²) < 4.78 is 0. The summed E-state index contributed by atoms with van der Waals surface area (Å²) in [5, 5.41) is 33.5. The molecule has 0 heterocycles. The van der Waals surface area contributed by atoms with Gasteiger partial charge in [0.15, 0.2) is 0 Å². The number of aliphatic hydroxyl groups excluding tert-OH is 3. The van der Waals surface area contributed by atoms with Crippen LogP contribution in [0.4, 0.5) is 0 Å². The first-order chi connectivity index (χ1) is 35.0. The maximum Gasteiger partial charge on any atom is 0.222 e. The summed E-state index contributed by atoms with van der Waals surface area (Å²) in [7, 11) is 0. The zero-order valence-corrected chi connectivity index (χ0v) is 48.1. The lowest BCUT2D eigenvalue weighted by molar-refractivity contribution is -0.124. The van der Waals surface area contributed by atoms with E-state index < -0.39 is 18.2 Å². The SMILES string of the molecule is CCCCCCCCCCCCCCCCC/C=C\C/C=C\CCCCCCCCCCCCCCCCCC(O)CC(=O)NC(CO)C(O)/C=C/CCCCCCCCCCCCCCCCCCC. The third kappa shape index (κ3) is 57.7. The predicted molar refractivity (Wildman–Crippen MR) is 314 cm³/mol. The van der Waals surface area contributed by atoms with Gasteiger partial charge in [-0.25, -0.2) is 0 Å². The van der Waals surface area contributed by atoms with E-state index in [4.69, 9.17) is 0 Å². The molecule has 5 heteroatoms. The normalized spacial score (nSPS) is 13.4. The number of aliphatic hydroxyl groups is 3. The first-order valence-electron chi connectivity index (χ1n) is 32.3. The van der Waals surface area contributed by atoms with E-state index in [1.165, 1.54) is 295 Å². The van der Waals surface area contributed by atoms with Crippen LogP contribution in [0.3, 0.4) is 0 Å². The molecule has 420 valence electrons. The number of allylic oxidation sites excluding steroid dienone is 5. The molecule has 4 N–H and O–H groups in total. The van der Waals surface area contributed by atoms with Gasteiger partial charge in [0, 0.05) is 0 Å². The van der Waals surface area contributed by atoms with Crippen LogP contribution in [0.1, 0.15) is 354 Å². The third-order valence-electron chi connectivity index (χ3n) is 15.2. The molecular weight excluding hydrogens is 871 g/mol. The Morgan fingerprint density at radius 3 is 0.930 bits per heavy atom. The van der Waals surface area contributed by atoms with Crippen molar-refractivity contribution >= 4 is 5.91 Å². The zero-order valence-electron chi connectivity index (χ0n) is 48.1. The number of rotatable bonds is 60. The fraction of sp³-hybridized carbons (Fsp3) is 0.894. The van der Waals surface area contributed by atoms with Gasteiger partial charge in [0.25, 0.3) is 0 Å². The van der Waals surface area contributed by atoms with Crippen molar-refractivity contribution in [3.8, 4) is 0 Å². The lowest BCUT2D eigenvalue weighted by Gasteiger charge is -2.21. The Balaban J connectivity index is 3.49. The average molecular weight is 999 g/mol. The predicted octanol–water partition coefficient (Wildman–Crippen LogP) is 20.6. The quantitative estimate of drug-likeness (QED) is 0.0361. The molecule has 0 aliphatic heterocycles. The zero-order chi connectivity index (χ0) is 51.4. The second-order valence-electron chi connectivity index (χ2n) is 22.4. The van der Waals surface area contributed by atoms with Crippen molar-refractivity contribution in [2.75, 3.05) is 6.61 Å². The highest BCUT2D eigenvalue weighted by molar-refractivity contribution is 5.76. The lowest BCUT2D eigenvalue weighted by atomic mass is 10.0. The number of carbonyl (C=O) groups excluding carboxylic acids is 1. The lowest BCUT2D eigenvalue weighted by Crippen LogP contribution is -2.45. The minimum Gasteiger partial charge on any atom is -0.394 e. The van der Waals surface area contributed by atoms with E-state index in [0.29, 0.717) is 6.42 Å². The number of hydrogen-bond acceptors (Lipinski definition) is 4. The Morgan fingerprint density at radius 2 is 0.634 bits per heavy atom. The van der Waals surface area contributed by atoms with Crippen molar-refractivity contribution in [3.05, 3.63) is 36.5 Å². The number of unbranched alkanes of at least 4 members (excludes halogenated alkanes) is 47. The molecule has 0 aromatic heterocycles. The maximum atomic E-state index is 12.5. The smallest absolute Gasteiger partial charge is 0.222 e. The van der Waals surface area contributed by atoms with E-state index in [-0.39, 0.29) is 18.9 Å². The van der Waals surface area contributed by atoms with E-state index in [9.17, 15) is 20.1 Å². The van der Waals surface area contributed by atoms with Gasteiger partial charge in [-0.05, 0) is 51.4 Å². The van der Waals surface area contributed by atoms with Crippen molar-refractivity contribution < 1.29 is 20.1 Å². The molecule has 0 spiro atoms. The summed E-state index contributed by atoms with van der Waals surface area (Å²) in [5.41, 5.74) is 0. The number of hydrogen-bond donors (Lipinski definition) is 4. The fourth-order valence-corrected chi connectivity index (χ4v) is 10.3. The second-order valence-corrected chi connectivity index (χ2v) is 22.4. The van der Waals surface area contributed by atoms with Crippen LogP contribution in [-0.2, 0) is 4.79 Å². The van der Waals surface area contributed by atoms with E-state index in [1.807, 2.05) is 6.08 Å². The monoisotopic (exact) mass is 998 g/mol. The highest BCUT2D eigenvalue weighted by atomic mass is 16.3. The second kappa shape index (κ2) is 61.1. The molecule has 1 amide bonds. The van der Waals surface area contributed by atoms with Crippen molar-refractivity contribution in [3.63, 3.8) is 0 Å². The molecule has 3 atom stereocenters. The molecule has 0 saturated carbocycles. The van der Waals surface area contributed by atoms with Gasteiger partial charge >= 0.3 is 0 Å². The van der Waals surface area contributed by atoms with Gasteiger partial charge in [0.05, 0.1) is 31.3 Å². The fourth-order valence-electron chi connectivity index (χ4n) is 10.3. The van der Waals surface area contributed by atoms with Gasteiger partial charge in [0.2, 0.25) is 5.91 Å². The highest BCUT2D eigenvalue weighted by Gasteiger charge is 2.20. The van der Waals surface area contributed by atoms with Crippen LogP contribution in [0.5, 0.6) is 0 Å². The van der Waals surface area contributed by atoms with Gasteiger partial charge in [-0.2, -0.15) is 0 Å². The van der Waals surface area contributed by atoms with Gasteiger partial charge < -0.3 is 20.6 Å². The largest absolute Gasteiger partial charge is 0.394 e. The molecule has 0 aliphatic carbocycles. The first kappa shape index (κ1) is 69.6. The van der Waals surface area contributed by atoms with E-state index in [2.05, 4.69) is 43.5 Å². The molecule has 0 rings (SSSR count). The van der Waals surface area contributed by atoms with E-state index in [0.717, 1.165) is 32.1 Å². The van der Waals surface area contributed by atoms with Crippen LogP contribution in [-0.4, -0.2) is 46.1 Å². The Bertz CT molecular complexity index is 1100. The minimum atomic E-state index is -0.929. The minimum absolute atomic E-state index is 0.0155. The van der Waals surface area contributed by atoms with Crippen molar-refractivity contribution in [1.82, 2.24) is 5.32 Å². The molecule has 0 radical (unpaired) electrons. The van der Waals surface area contributed by atoms with Crippen LogP contribution in [0.2, 0.25) is 0 Å². The van der Waals surface area contributed by atoms with Gasteiger partial charge in [0.1, 0.15) is 0 Å². The van der Waals surface area contributed by atoms with E-state index in [1.54, 1.807) is 6.08 Å². The molecule has 5 nitrogen and oxygen atoms in total. The Morgan fingerprint density at radius 1 is 0.366 bits per heavy atom. The Hall–Kier alpha value is -1.43. The maximum absolute atomic E-state index is 12.5. The van der Waals surface area contributed by atoms with Gasteiger partial charge in [-0.3, -0.25) is 4.79 Å². The van der Waals surface area contributed by atoms with Crippen LogP contribution < -0.4 is 5.32 Å². The van der Waals surface area contributed by atoms with Crippen molar-refractivity contribution in [2.45, 2.75) is 372 Å². The topological polar surface area (TPSA) is 89.8 Å². The Labute approximate surface area is 444 Å². The summed E-state index contributed by atoms with van der Waals surface area (Å²) in [6.45, 7) is 4.25. The summed E-state index contributed by atoms with van der Waals surface area (Å²) in [4.78, 5) is 12.5. The highest BCUT2D eigenvalue weighted by Crippen LogP contribution is 2.18. The van der Waals surface area contributed by atoms with Gasteiger partial charge in [-0.15, -0.1) is 0 Å². The number of carbonyl (C=O) groups is 1. The standard InChI is InChI=1S/C66H127NO4/c1-3-5-7-9-11-13-15-17-19-21-23-24-25-26-27-28-29-30-31-32-33-34-35-36-37-38-39-40-42-43-45-47-49-51-53-55-57-59-63(69)61-66(71)67-64(62-68)65(70)60-58-56-54-52-50-48-46-44-41-22-20-18-16-14-12-10-8-6-4-2/h29-30,32-33,58,60,63-65,68-70H,3-28,31,34-57,59,61-62H2,1-2H3,(H,67,71)/b30-29-,33-32-,60-58+. The molecule has 0 aliphatic rings.